The highest BCUT2D eigenvalue weighted by Crippen LogP contribution is 2.63. The molecule has 2 aliphatic carbocycles. The summed E-state index contributed by atoms with van der Waals surface area (Å²) in [7, 11) is 0. The second kappa shape index (κ2) is 7.14. The molecule has 5 heteroatoms. The lowest BCUT2D eigenvalue weighted by molar-refractivity contribution is -0.113. The Kier molecular flexibility index (Phi) is 5.89. The minimum absolute atomic E-state index is 0.0307. The Balaban J connectivity index is 1.84. The van der Waals surface area contributed by atoms with Crippen LogP contribution in [-0.2, 0) is 4.74 Å². The van der Waals surface area contributed by atoms with Crippen molar-refractivity contribution in [1.29, 1.82) is 0 Å². The maximum atomic E-state index is 10.2. The summed E-state index contributed by atoms with van der Waals surface area (Å²) in [4.78, 5) is 1.86. The Morgan fingerprint density at radius 3 is 2.32 bits per heavy atom. The van der Waals surface area contributed by atoms with Crippen LogP contribution in [0.5, 0.6) is 0 Å². The minimum atomic E-state index is -0.586. The van der Waals surface area contributed by atoms with Gasteiger partial charge in [-0.25, -0.2) is 0 Å². The highest BCUT2D eigenvalue weighted by molar-refractivity contribution is 5.09. The van der Waals surface area contributed by atoms with E-state index in [1.807, 2.05) is 4.90 Å². The molecule has 2 fully saturated rings. The van der Waals surface area contributed by atoms with E-state index >= 15 is 0 Å². The van der Waals surface area contributed by atoms with Gasteiger partial charge in [0.05, 0.1) is 32.0 Å². The van der Waals surface area contributed by atoms with Crippen molar-refractivity contribution in [3.8, 4) is 0 Å². The second-order valence-electron chi connectivity index (χ2n) is 8.03. The Morgan fingerprint density at radius 1 is 1.18 bits per heavy atom. The summed E-state index contributed by atoms with van der Waals surface area (Å²) in [6.07, 6.45) is 3.38. The third-order valence-corrected chi connectivity index (χ3v) is 5.89. The molecule has 22 heavy (non-hydrogen) atoms. The number of rotatable bonds is 9. The maximum absolute atomic E-state index is 10.2. The molecule has 5 nitrogen and oxygen atoms in total. The number of ether oxygens (including phenoxy) is 1. The minimum Gasteiger partial charge on any atom is -0.395 e. The number of hydrogen-bond donors (Lipinski definition) is 3. The van der Waals surface area contributed by atoms with Crippen molar-refractivity contribution in [2.75, 3.05) is 39.5 Å². The average Bonchev–Trinajstić information content (AvgIpc) is 2.90. The van der Waals surface area contributed by atoms with Crippen molar-refractivity contribution < 1.29 is 20.1 Å². The van der Waals surface area contributed by atoms with Crippen molar-refractivity contribution in [3.63, 3.8) is 0 Å². The summed E-state index contributed by atoms with van der Waals surface area (Å²) in [6, 6.07) is 0. The summed E-state index contributed by atoms with van der Waals surface area (Å²) >= 11 is 0. The van der Waals surface area contributed by atoms with Crippen molar-refractivity contribution in [2.45, 2.75) is 52.2 Å². The fourth-order valence-electron chi connectivity index (χ4n) is 4.81. The zero-order valence-electron chi connectivity index (χ0n) is 14.3. The molecule has 0 aliphatic heterocycles. The van der Waals surface area contributed by atoms with E-state index in [4.69, 9.17) is 14.9 Å². The first-order valence-electron chi connectivity index (χ1n) is 8.57. The molecular formula is C17H33NO4. The lowest BCUT2D eigenvalue weighted by Crippen LogP contribution is -2.45. The van der Waals surface area contributed by atoms with Crippen LogP contribution >= 0.6 is 0 Å². The molecule has 0 saturated heterocycles. The molecule has 2 bridgehead atoms. The van der Waals surface area contributed by atoms with Crippen LogP contribution in [0.1, 0.15) is 40.0 Å². The molecule has 2 rings (SSSR count). The smallest absolute Gasteiger partial charge is 0.0900 e. The molecule has 2 saturated carbocycles. The number of nitrogens with zero attached hydrogens (tertiary/aromatic N) is 1. The molecule has 2 aliphatic rings. The highest BCUT2D eigenvalue weighted by atomic mass is 16.5. The molecule has 0 unspecified atom stereocenters. The average molecular weight is 315 g/mol. The van der Waals surface area contributed by atoms with Crippen LogP contribution in [0.25, 0.3) is 0 Å². The fraction of sp³-hybridized carbons (Fsp3) is 1.00. The van der Waals surface area contributed by atoms with Crippen molar-refractivity contribution >= 4 is 0 Å². The van der Waals surface area contributed by atoms with Gasteiger partial charge in [0, 0.05) is 19.6 Å². The first kappa shape index (κ1) is 18.1. The number of aliphatic hydroxyl groups excluding tert-OH is 3. The second-order valence-corrected chi connectivity index (χ2v) is 8.03. The Bertz CT molecular complexity index is 352. The Hall–Kier alpha value is -0.200. The Labute approximate surface area is 134 Å². The van der Waals surface area contributed by atoms with Gasteiger partial charge in [-0.3, -0.25) is 4.90 Å². The number of hydrogen-bond acceptors (Lipinski definition) is 5. The lowest BCUT2D eigenvalue weighted by Gasteiger charge is -2.42. The normalized spacial score (nSPS) is 34.5. The van der Waals surface area contributed by atoms with E-state index in [9.17, 15) is 5.11 Å². The van der Waals surface area contributed by atoms with Crippen molar-refractivity contribution in [3.05, 3.63) is 0 Å². The molecule has 0 amide bonds. The largest absolute Gasteiger partial charge is 0.395 e. The predicted molar refractivity (Wildman–Crippen MR) is 85.6 cm³/mol. The van der Waals surface area contributed by atoms with Gasteiger partial charge < -0.3 is 20.1 Å². The zero-order chi connectivity index (χ0) is 16.4. The molecule has 0 heterocycles. The van der Waals surface area contributed by atoms with Gasteiger partial charge in [-0.2, -0.15) is 0 Å². The molecule has 130 valence electrons. The standard InChI is InChI=1S/C17H33NO4/c1-16(2)13-4-5-17(3,10-13)15(16)22-12-14(21)11-18(6-8-19)7-9-20/h13-15,19-21H,4-12H2,1-3H3/t13-,14+,15+,17+/m0/s1. The van der Waals surface area contributed by atoms with Crippen molar-refractivity contribution in [1.82, 2.24) is 4.90 Å². The van der Waals surface area contributed by atoms with Crippen LogP contribution in [-0.4, -0.2) is 71.9 Å². The number of aliphatic hydroxyl groups is 3. The topological polar surface area (TPSA) is 73.2 Å². The SMILES string of the molecule is CC1(C)[C@H]2CC[C@](C)(C2)[C@@H]1OC[C@H](O)CN(CCO)CCO. The molecule has 0 aromatic carbocycles. The Morgan fingerprint density at radius 2 is 1.82 bits per heavy atom. The van der Waals surface area contributed by atoms with Gasteiger partial charge in [0.15, 0.2) is 0 Å². The van der Waals surface area contributed by atoms with Gasteiger partial charge in [0.1, 0.15) is 0 Å². The van der Waals surface area contributed by atoms with E-state index in [0.29, 0.717) is 26.2 Å². The number of fused-ring (bicyclic) bond motifs is 2. The molecule has 3 N–H and O–H groups in total. The molecule has 0 aromatic rings. The third-order valence-electron chi connectivity index (χ3n) is 5.89. The highest BCUT2D eigenvalue weighted by Gasteiger charge is 2.60. The molecule has 0 radical (unpaired) electrons. The molecule has 0 spiro atoms. The first-order valence-corrected chi connectivity index (χ1v) is 8.57. The van der Waals surface area contributed by atoms with Gasteiger partial charge in [-0.15, -0.1) is 0 Å². The van der Waals surface area contributed by atoms with Gasteiger partial charge in [0.2, 0.25) is 0 Å². The van der Waals surface area contributed by atoms with E-state index in [1.54, 1.807) is 0 Å². The quantitative estimate of drug-likeness (QED) is 0.589. The van der Waals surface area contributed by atoms with Crippen LogP contribution in [0, 0.1) is 16.7 Å². The van der Waals surface area contributed by atoms with E-state index in [0.717, 1.165) is 5.92 Å². The molecule has 4 atom stereocenters. The van der Waals surface area contributed by atoms with Crippen LogP contribution in [0.2, 0.25) is 0 Å². The predicted octanol–water partition coefficient (Wildman–Crippen LogP) is 0.865. The van der Waals surface area contributed by atoms with E-state index in [2.05, 4.69) is 20.8 Å². The van der Waals surface area contributed by atoms with Crippen molar-refractivity contribution in [2.24, 2.45) is 16.7 Å². The van der Waals surface area contributed by atoms with Gasteiger partial charge >= 0.3 is 0 Å². The zero-order valence-corrected chi connectivity index (χ0v) is 14.3. The third kappa shape index (κ3) is 3.65. The summed E-state index contributed by atoms with van der Waals surface area (Å²) in [5.41, 5.74) is 0.437. The van der Waals surface area contributed by atoms with E-state index < -0.39 is 6.10 Å². The monoisotopic (exact) mass is 315 g/mol. The van der Waals surface area contributed by atoms with E-state index in [-0.39, 0.29) is 30.1 Å². The summed E-state index contributed by atoms with van der Waals surface area (Å²) in [5, 5.41) is 28.3. The lowest BCUT2D eigenvalue weighted by atomic mass is 9.70. The molecule has 0 aromatic heterocycles. The van der Waals surface area contributed by atoms with Crippen LogP contribution < -0.4 is 0 Å². The van der Waals surface area contributed by atoms with E-state index in [1.165, 1.54) is 19.3 Å². The molecular weight excluding hydrogens is 282 g/mol. The summed E-state index contributed by atoms with van der Waals surface area (Å²) in [6.45, 7) is 8.65. The first-order chi connectivity index (χ1) is 10.3. The van der Waals surface area contributed by atoms with Crippen LogP contribution in [0.4, 0.5) is 0 Å². The summed E-state index contributed by atoms with van der Waals surface area (Å²) < 4.78 is 6.17. The summed E-state index contributed by atoms with van der Waals surface area (Å²) in [5.74, 6) is 0.736. The van der Waals surface area contributed by atoms with Gasteiger partial charge in [0.25, 0.3) is 0 Å². The van der Waals surface area contributed by atoms with Crippen LogP contribution in [0.15, 0.2) is 0 Å². The fourth-order valence-corrected chi connectivity index (χ4v) is 4.81. The van der Waals surface area contributed by atoms with Gasteiger partial charge in [-0.1, -0.05) is 20.8 Å². The van der Waals surface area contributed by atoms with Gasteiger partial charge in [-0.05, 0) is 36.0 Å². The maximum Gasteiger partial charge on any atom is 0.0900 e. The van der Waals surface area contributed by atoms with Crippen LogP contribution in [0.3, 0.4) is 0 Å².